The highest BCUT2D eigenvalue weighted by Gasteiger charge is 2.44. The second kappa shape index (κ2) is 17.3. The maximum absolute atomic E-state index is 13.5. The van der Waals surface area contributed by atoms with Gasteiger partial charge in [-0.1, -0.05) is 70.4 Å². The average molecular weight is 527 g/mol. The van der Waals surface area contributed by atoms with Gasteiger partial charge in [-0.2, -0.15) is 4.39 Å². The van der Waals surface area contributed by atoms with E-state index in [1.165, 1.54) is 44.9 Å². The molecule has 9 nitrogen and oxygen atoms in total. The molecule has 0 bridgehead atoms. The molecule has 10 heteroatoms. The van der Waals surface area contributed by atoms with Gasteiger partial charge in [0.05, 0.1) is 6.20 Å². The van der Waals surface area contributed by atoms with Crippen LogP contribution < -0.4 is 11.2 Å². The molecule has 210 valence electrons. The van der Waals surface area contributed by atoms with Crippen molar-refractivity contribution in [2.24, 2.45) is 0 Å². The third kappa shape index (κ3) is 10.9. The number of allylic oxidation sites excluding steroid dienone is 2. The molecule has 0 saturated carbocycles. The fourth-order valence-electron chi connectivity index (χ4n) is 4.33. The first-order valence-corrected chi connectivity index (χ1v) is 13.7. The number of H-pyrrole nitrogens is 1. The van der Waals surface area contributed by atoms with Crippen LogP contribution in [-0.4, -0.2) is 50.7 Å². The number of carbonyl (C=O) groups excluding carboxylic acids is 1. The summed E-state index contributed by atoms with van der Waals surface area (Å²) in [6.45, 7) is 1.91. The summed E-state index contributed by atoms with van der Waals surface area (Å²) in [7, 11) is 0. The number of aliphatic hydroxyl groups excluding tert-OH is 2. The summed E-state index contributed by atoms with van der Waals surface area (Å²) >= 11 is 0. The minimum Gasteiger partial charge on any atom is -0.463 e. The van der Waals surface area contributed by atoms with Crippen molar-refractivity contribution in [2.45, 2.75) is 121 Å². The summed E-state index contributed by atoms with van der Waals surface area (Å²) in [6.07, 6.45) is 14.9. The number of nitrogens with one attached hydrogen (secondary N) is 1. The minimum absolute atomic E-state index is 0.234. The maximum Gasteiger partial charge on any atom is 0.330 e. The molecular formula is C27H43FN2O7. The highest BCUT2D eigenvalue weighted by Crippen LogP contribution is 2.28. The molecule has 0 spiro atoms. The van der Waals surface area contributed by atoms with E-state index in [9.17, 15) is 29.0 Å². The summed E-state index contributed by atoms with van der Waals surface area (Å²) in [5.74, 6) is -1.68. The van der Waals surface area contributed by atoms with Crippen molar-refractivity contribution in [2.75, 3.05) is 6.61 Å². The number of esters is 1. The van der Waals surface area contributed by atoms with Gasteiger partial charge in [0.15, 0.2) is 6.23 Å². The zero-order valence-electron chi connectivity index (χ0n) is 21.9. The molecule has 0 unspecified atom stereocenters. The van der Waals surface area contributed by atoms with Crippen molar-refractivity contribution >= 4 is 5.97 Å². The number of rotatable bonds is 18. The topological polar surface area (TPSA) is 131 Å². The standard InChI is InChI=1S/C27H43FN2O7/c1-2-3-4-5-6-7-8-9-10-11-12-13-14-15-16-17-22(31)36-19-21-23(32)24(33)26(37-21)30-18-20(28)25(34)29-27(30)35/h9-10,18,21,23-24,26,32-33H,2-8,11-17,19H2,1H3,(H,29,34,35)/b10-9+/t21-,23-,24-,26-/m1/s1. The second-order valence-electron chi connectivity index (χ2n) is 9.71. The van der Waals surface area contributed by atoms with Crippen molar-refractivity contribution in [1.82, 2.24) is 9.55 Å². The van der Waals surface area contributed by atoms with E-state index in [0.717, 1.165) is 32.1 Å². The van der Waals surface area contributed by atoms with Gasteiger partial charge in [0.1, 0.15) is 24.9 Å². The van der Waals surface area contributed by atoms with Crippen LogP contribution in [0.5, 0.6) is 0 Å². The lowest BCUT2D eigenvalue weighted by atomic mass is 10.1. The number of hydrogen-bond donors (Lipinski definition) is 3. The summed E-state index contributed by atoms with van der Waals surface area (Å²) < 4.78 is 24.8. The van der Waals surface area contributed by atoms with Crippen molar-refractivity contribution in [3.8, 4) is 0 Å². The van der Waals surface area contributed by atoms with Crippen LogP contribution in [0, 0.1) is 5.82 Å². The number of unbranched alkanes of at least 4 members (excludes halogenated alkanes) is 11. The minimum atomic E-state index is -1.57. The van der Waals surface area contributed by atoms with Gasteiger partial charge in [0.2, 0.25) is 5.82 Å². The SMILES string of the molecule is CCCCCCCC/C=C/CCCCCCCC(=O)OC[C@H]1O[C@@H](n2cc(F)c(=O)[nH]c2=O)[C@H](O)[C@@H]1O. The molecule has 1 aromatic rings. The van der Waals surface area contributed by atoms with E-state index in [1.54, 1.807) is 4.98 Å². The Morgan fingerprint density at radius 1 is 1.00 bits per heavy atom. The van der Waals surface area contributed by atoms with E-state index in [2.05, 4.69) is 19.1 Å². The number of ether oxygens (including phenoxy) is 2. The highest BCUT2D eigenvalue weighted by molar-refractivity contribution is 5.69. The second-order valence-corrected chi connectivity index (χ2v) is 9.71. The lowest BCUT2D eigenvalue weighted by Crippen LogP contribution is -2.38. The first-order valence-electron chi connectivity index (χ1n) is 13.7. The number of aromatic amines is 1. The van der Waals surface area contributed by atoms with Crippen molar-refractivity contribution in [1.29, 1.82) is 0 Å². The number of carbonyl (C=O) groups is 1. The van der Waals surface area contributed by atoms with Crippen LogP contribution in [0.4, 0.5) is 4.39 Å². The van der Waals surface area contributed by atoms with Crippen LogP contribution in [0.1, 0.15) is 103 Å². The summed E-state index contributed by atoms with van der Waals surface area (Å²) in [5.41, 5.74) is -2.19. The summed E-state index contributed by atoms with van der Waals surface area (Å²) in [4.78, 5) is 36.9. The Hall–Kier alpha value is -2.30. The van der Waals surface area contributed by atoms with E-state index >= 15 is 0 Å². The van der Waals surface area contributed by atoms with Crippen LogP contribution in [0.2, 0.25) is 0 Å². The molecule has 37 heavy (non-hydrogen) atoms. The molecule has 1 fully saturated rings. The number of aliphatic hydroxyl groups is 2. The Balaban J connectivity index is 1.53. The van der Waals surface area contributed by atoms with Gasteiger partial charge in [-0.25, -0.2) is 4.79 Å². The zero-order valence-corrected chi connectivity index (χ0v) is 21.9. The predicted molar refractivity (Wildman–Crippen MR) is 138 cm³/mol. The summed E-state index contributed by atoms with van der Waals surface area (Å²) in [5, 5.41) is 20.4. The molecule has 4 atom stereocenters. The maximum atomic E-state index is 13.5. The first-order chi connectivity index (χ1) is 17.8. The van der Waals surface area contributed by atoms with Gasteiger partial charge in [-0.05, 0) is 32.1 Å². The van der Waals surface area contributed by atoms with E-state index in [-0.39, 0.29) is 13.0 Å². The summed E-state index contributed by atoms with van der Waals surface area (Å²) in [6, 6.07) is 0. The lowest BCUT2D eigenvalue weighted by Gasteiger charge is -2.16. The number of nitrogens with zero attached hydrogens (tertiary/aromatic N) is 1. The van der Waals surface area contributed by atoms with Gasteiger partial charge in [0, 0.05) is 6.42 Å². The van der Waals surface area contributed by atoms with Crippen molar-refractivity contribution in [3.05, 3.63) is 45.0 Å². The largest absolute Gasteiger partial charge is 0.463 e. The highest BCUT2D eigenvalue weighted by atomic mass is 19.1. The molecule has 2 heterocycles. The van der Waals surface area contributed by atoms with E-state index in [1.807, 2.05) is 0 Å². The fraction of sp³-hybridized carbons (Fsp3) is 0.741. The Kier molecular flexibility index (Phi) is 14.4. The predicted octanol–water partition coefficient (Wildman–Crippen LogP) is 3.88. The van der Waals surface area contributed by atoms with Gasteiger partial charge >= 0.3 is 11.7 Å². The molecule has 0 amide bonds. The normalized spacial score (nSPS) is 21.6. The molecule has 0 aromatic carbocycles. The van der Waals surface area contributed by atoms with Crippen LogP contribution in [-0.2, 0) is 14.3 Å². The number of hydrogen-bond acceptors (Lipinski definition) is 7. The van der Waals surface area contributed by atoms with Crippen LogP contribution >= 0.6 is 0 Å². The van der Waals surface area contributed by atoms with Gasteiger partial charge < -0.3 is 19.7 Å². The van der Waals surface area contributed by atoms with Crippen LogP contribution in [0.15, 0.2) is 27.9 Å². The number of aromatic nitrogens is 2. The molecule has 0 radical (unpaired) electrons. The van der Waals surface area contributed by atoms with Crippen molar-refractivity contribution in [3.63, 3.8) is 0 Å². The van der Waals surface area contributed by atoms with E-state index in [0.29, 0.717) is 17.2 Å². The Labute approximate surface area is 217 Å². The molecule has 0 aliphatic carbocycles. The van der Waals surface area contributed by atoms with E-state index < -0.39 is 47.6 Å². The Morgan fingerprint density at radius 3 is 2.24 bits per heavy atom. The molecule has 3 N–H and O–H groups in total. The molecule has 1 aliphatic rings. The Bertz CT molecular complexity index is 945. The third-order valence-corrected chi connectivity index (χ3v) is 6.59. The Morgan fingerprint density at radius 2 is 1.59 bits per heavy atom. The molecule has 1 aliphatic heterocycles. The van der Waals surface area contributed by atoms with Gasteiger partial charge in [-0.3, -0.25) is 19.1 Å². The van der Waals surface area contributed by atoms with Crippen LogP contribution in [0.25, 0.3) is 0 Å². The smallest absolute Gasteiger partial charge is 0.330 e. The molecule has 1 aromatic heterocycles. The molecule has 2 rings (SSSR count). The van der Waals surface area contributed by atoms with E-state index in [4.69, 9.17) is 9.47 Å². The molecular weight excluding hydrogens is 483 g/mol. The zero-order chi connectivity index (χ0) is 27.0. The lowest BCUT2D eigenvalue weighted by molar-refractivity contribution is -0.150. The quantitative estimate of drug-likeness (QED) is 0.150. The average Bonchev–Trinajstić information content (AvgIpc) is 3.15. The monoisotopic (exact) mass is 526 g/mol. The third-order valence-electron chi connectivity index (χ3n) is 6.59. The molecule has 1 saturated heterocycles. The van der Waals surface area contributed by atoms with Gasteiger partial charge in [0.25, 0.3) is 5.56 Å². The number of halogens is 1. The van der Waals surface area contributed by atoms with Gasteiger partial charge in [-0.15, -0.1) is 0 Å². The van der Waals surface area contributed by atoms with Crippen molar-refractivity contribution < 1.29 is 28.9 Å². The fourth-order valence-corrected chi connectivity index (χ4v) is 4.33. The van der Waals surface area contributed by atoms with Crippen LogP contribution in [0.3, 0.4) is 0 Å². The first kappa shape index (κ1) is 30.9.